The molecular formula is C24H30N2O7S. The van der Waals surface area contributed by atoms with Crippen molar-refractivity contribution in [2.75, 3.05) is 46.0 Å². The molecule has 0 spiro atoms. The number of nitrogens with zero attached hydrogens (tertiary/aromatic N) is 2. The maximum absolute atomic E-state index is 12.8. The third kappa shape index (κ3) is 6.06. The molecule has 1 fully saturated rings. The van der Waals surface area contributed by atoms with Crippen LogP contribution in [-0.2, 0) is 19.6 Å². The first-order valence-corrected chi connectivity index (χ1v) is 12.6. The van der Waals surface area contributed by atoms with Crippen LogP contribution in [-0.4, -0.2) is 75.5 Å². The zero-order chi connectivity index (χ0) is 24.7. The van der Waals surface area contributed by atoms with E-state index in [-0.39, 0.29) is 42.5 Å². The molecule has 0 unspecified atom stereocenters. The van der Waals surface area contributed by atoms with Crippen molar-refractivity contribution >= 4 is 21.9 Å². The first-order valence-electron chi connectivity index (χ1n) is 11.2. The number of hydrogen-bond donors (Lipinski definition) is 0. The Labute approximate surface area is 200 Å². The lowest BCUT2D eigenvalue weighted by Gasteiger charge is -2.33. The molecule has 3 rings (SSSR count). The van der Waals surface area contributed by atoms with Crippen LogP contribution < -0.4 is 9.47 Å². The van der Waals surface area contributed by atoms with E-state index < -0.39 is 22.6 Å². The lowest BCUT2D eigenvalue weighted by molar-refractivity contribution is -0.135. The van der Waals surface area contributed by atoms with Crippen molar-refractivity contribution in [1.82, 2.24) is 9.21 Å². The van der Waals surface area contributed by atoms with Gasteiger partial charge in [0.25, 0.3) is 5.91 Å². The number of carbonyl (C=O) groups is 2. The number of amides is 1. The van der Waals surface area contributed by atoms with Gasteiger partial charge in [0, 0.05) is 26.2 Å². The largest absolute Gasteiger partial charge is 0.490 e. The summed E-state index contributed by atoms with van der Waals surface area (Å²) in [5, 5.41) is 0. The highest BCUT2D eigenvalue weighted by Crippen LogP contribution is 2.29. The standard InChI is InChI=1S/C24H30N2O7S/c1-4-31-21-11-8-19(16-22(21)32-5-2)24(28)33-17-23(27)25-12-14-26(15-13-25)34(29,30)20-9-6-18(3)7-10-20/h6-11,16H,4-5,12-15,17H2,1-3H3. The molecule has 0 saturated carbocycles. The third-order valence-corrected chi connectivity index (χ3v) is 7.27. The molecule has 1 saturated heterocycles. The van der Waals surface area contributed by atoms with Gasteiger partial charge < -0.3 is 19.1 Å². The predicted octanol–water partition coefficient (Wildman–Crippen LogP) is 2.48. The molecule has 1 aliphatic rings. The van der Waals surface area contributed by atoms with Gasteiger partial charge in [-0.3, -0.25) is 4.79 Å². The van der Waals surface area contributed by atoms with Crippen molar-refractivity contribution in [3.8, 4) is 11.5 Å². The summed E-state index contributed by atoms with van der Waals surface area (Å²) in [6.07, 6.45) is 0. The highest BCUT2D eigenvalue weighted by Gasteiger charge is 2.30. The first-order chi connectivity index (χ1) is 16.3. The first kappa shape index (κ1) is 25.5. The maximum Gasteiger partial charge on any atom is 0.338 e. The molecule has 184 valence electrons. The van der Waals surface area contributed by atoms with Gasteiger partial charge in [-0.15, -0.1) is 0 Å². The number of rotatable bonds is 9. The second-order valence-electron chi connectivity index (χ2n) is 7.70. The average molecular weight is 491 g/mol. The van der Waals surface area contributed by atoms with E-state index in [1.165, 1.54) is 15.3 Å². The van der Waals surface area contributed by atoms with Crippen molar-refractivity contribution in [3.05, 3.63) is 53.6 Å². The number of aryl methyl sites for hydroxylation is 1. The van der Waals surface area contributed by atoms with E-state index in [9.17, 15) is 18.0 Å². The van der Waals surface area contributed by atoms with Gasteiger partial charge in [-0.25, -0.2) is 13.2 Å². The highest BCUT2D eigenvalue weighted by molar-refractivity contribution is 7.89. The highest BCUT2D eigenvalue weighted by atomic mass is 32.2. The monoisotopic (exact) mass is 490 g/mol. The molecule has 0 atom stereocenters. The van der Waals surface area contributed by atoms with E-state index >= 15 is 0 Å². The summed E-state index contributed by atoms with van der Waals surface area (Å²) in [6.45, 7) is 6.78. The Morgan fingerprint density at radius 2 is 1.50 bits per heavy atom. The zero-order valence-electron chi connectivity index (χ0n) is 19.7. The van der Waals surface area contributed by atoms with E-state index in [1.54, 1.807) is 36.4 Å². The fourth-order valence-corrected chi connectivity index (χ4v) is 4.94. The van der Waals surface area contributed by atoms with Crippen LogP contribution in [0.25, 0.3) is 0 Å². The summed E-state index contributed by atoms with van der Waals surface area (Å²) in [7, 11) is -3.62. The Bertz CT molecular complexity index is 1110. The topological polar surface area (TPSA) is 102 Å². The molecular weight excluding hydrogens is 460 g/mol. The van der Waals surface area contributed by atoms with Gasteiger partial charge in [-0.05, 0) is 51.1 Å². The van der Waals surface area contributed by atoms with Crippen molar-refractivity contribution in [2.45, 2.75) is 25.7 Å². The van der Waals surface area contributed by atoms with Crippen LogP contribution in [0.15, 0.2) is 47.4 Å². The molecule has 0 bridgehead atoms. The van der Waals surface area contributed by atoms with Crippen LogP contribution >= 0.6 is 0 Å². The molecule has 0 aliphatic carbocycles. The summed E-state index contributed by atoms with van der Waals surface area (Å²) in [5.74, 6) is -0.0823. The Morgan fingerprint density at radius 1 is 0.882 bits per heavy atom. The Hall–Kier alpha value is -3.11. The summed E-state index contributed by atoms with van der Waals surface area (Å²) in [4.78, 5) is 26.7. The molecule has 0 aromatic heterocycles. The number of ether oxygens (including phenoxy) is 3. The molecule has 1 heterocycles. The molecule has 1 aliphatic heterocycles. The second kappa shape index (κ2) is 11.3. The van der Waals surface area contributed by atoms with Crippen LogP contribution in [0.4, 0.5) is 0 Å². The minimum Gasteiger partial charge on any atom is -0.490 e. The van der Waals surface area contributed by atoms with Crippen molar-refractivity contribution in [2.24, 2.45) is 0 Å². The molecule has 2 aromatic rings. The molecule has 9 nitrogen and oxygen atoms in total. The summed E-state index contributed by atoms with van der Waals surface area (Å²) in [6, 6.07) is 11.4. The number of benzene rings is 2. The Balaban J connectivity index is 1.54. The Kier molecular flexibility index (Phi) is 8.51. The predicted molar refractivity (Wildman–Crippen MR) is 126 cm³/mol. The van der Waals surface area contributed by atoms with E-state index in [2.05, 4.69) is 0 Å². The van der Waals surface area contributed by atoms with Crippen LogP contribution in [0.1, 0.15) is 29.8 Å². The normalized spacial score (nSPS) is 14.5. The fourth-order valence-electron chi connectivity index (χ4n) is 3.52. The van der Waals surface area contributed by atoms with E-state index in [0.717, 1.165) is 5.56 Å². The van der Waals surface area contributed by atoms with Crippen molar-refractivity contribution in [1.29, 1.82) is 0 Å². The summed E-state index contributed by atoms with van der Waals surface area (Å²) >= 11 is 0. The maximum atomic E-state index is 12.8. The van der Waals surface area contributed by atoms with Crippen molar-refractivity contribution < 1.29 is 32.2 Å². The Morgan fingerprint density at radius 3 is 2.12 bits per heavy atom. The molecule has 34 heavy (non-hydrogen) atoms. The van der Waals surface area contributed by atoms with Crippen molar-refractivity contribution in [3.63, 3.8) is 0 Å². The lowest BCUT2D eigenvalue weighted by atomic mass is 10.2. The van der Waals surface area contributed by atoms with E-state index in [0.29, 0.717) is 24.7 Å². The average Bonchev–Trinajstić information content (AvgIpc) is 2.84. The van der Waals surface area contributed by atoms with Crippen LogP contribution in [0.2, 0.25) is 0 Å². The smallest absolute Gasteiger partial charge is 0.338 e. The lowest BCUT2D eigenvalue weighted by Crippen LogP contribution is -2.51. The zero-order valence-corrected chi connectivity index (χ0v) is 20.5. The third-order valence-electron chi connectivity index (χ3n) is 5.36. The van der Waals surface area contributed by atoms with Gasteiger partial charge in [0.1, 0.15) is 0 Å². The van der Waals surface area contributed by atoms with Crippen LogP contribution in [0, 0.1) is 6.92 Å². The van der Waals surface area contributed by atoms with Gasteiger partial charge in [0.2, 0.25) is 10.0 Å². The van der Waals surface area contributed by atoms with Gasteiger partial charge in [0.05, 0.1) is 23.7 Å². The minimum absolute atomic E-state index is 0.173. The number of sulfonamides is 1. The van der Waals surface area contributed by atoms with Crippen LogP contribution in [0.3, 0.4) is 0 Å². The fraction of sp³-hybridized carbons (Fsp3) is 0.417. The summed E-state index contributed by atoms with van der Waals surface area (Å²) in [5.41, 5.74) is 1.22. The van der Waals surface area contributed by atoms with Gasteiger partial charge in [-0.2, -0.15) is 4.31 Å². The number of esters is 1. The van der Waals surface area contributed by atoms with Crippen LogP contribution in [0.5, 0.6) is 11.5 Å². The quantitative estimate of drug-likeness (QED) is 0.498. The minimum atomic E-state index is -3.62. The number of hydrogen-bond acceptors (Lipinski definition) is 7. The van der Waals surface area contributed by atoms with E-state index in [1.807, 2.05) is 20.8 Å². The molecule has 2 aromatic carbocycles. The summed E-state index contributed by atoms with van der Waals surface area (Å²) < 4.78 is 43.2. The number of piperazine rings is 1. The van der Waals surface area contributed by atoms with Gasteiger partial charge in [-0.1, -0.05) is 17.7 Å². The SMILES string of the molecule is CCOc1ccc(C(=O)OCC(=O)N2CCN(S(=O)(=O)c3ccc(C)cc3)CC2)cc1OCC. The van der Waals surface area contributed by atoms with E-state index in [4.69, 9.17) is 14.2 Å². The van der Waals surface area contributed by atoms with Gasteiger partial charge >= 0.3 is 5.97 Å². The molecule has 10 heteroatoms. The second-order valence-corrected chi connectivity index (χ2v) is 9.64. The number of carbonyl (C=O) groups excluding carboxylic acids is 2. The molecule has 1 amide bonds. The van der Waals surface area contributed by atoms with Gasteiger partial charge in [0.15, 0.2) is 18.1 Å². The molecule has 0 N–H and O–H groups in total. The molecule has 0 radical (unpaired) electrons.